The molecule has 6 amide bonds. The summed E-state index contributed by atoms with van der Waals surface area (Å²) in [6.45, 7) is 8.02. The van der Waals surface area contributed by atoms with Crippen LogP contribution in [0.1, 0.15) is 95.8 Å². The molecule has 1 aromatic heterocycles. The van der Waals surface area contributed by atoms with Gasteiger partial charge in [0.2, 0.25) is 23.7 Å². The van der Waals surface area contributed by atoms with E-state index in [1.54, 1.807) is 61.7 Å². The maximum atomic E-state index is 13.4. The van der Waals surface area contributed by atoms with Gasteiger partial charge in [-0.2, -0.15) is 4.98 Å². The number of rotatable bonds is 16. The fourth-order valence-corrected chi connectivity index (χ4v) is 10.3. The van der Waals surface area contributed by atoms with Crippen molar-refractivity contribution in [3.63, 3.8) is 0 Å². The van der Waals surface area contributed by atoms with Crippen LogP contribution in [0.15, 0.2) is 42.6 Å². The zero-order valence-corrected chi connectivity index (χ0v) is 37.8. The van der Waals surface area contributed by atoms with Crippen molar-refractivity contribution in [2.24, 2.45) is 0 Å². The van der Waals surface area contributed by atoms with Gasteiger partial charge in [-0.05, 0) is 68.9 Å². The molecular formula is C47H59N11O8. The molecule has 0 radical (unpaired) electrons. The first-order valence-corrected chi connectivity index (χ1v) is 23.3. The number of amides is 6. The highest BCUT2D eigenvalue weighted by Gasteiger charge is 2.46. The standard InChI is InChI=1S/C47H59N11O8/c1-4-35-45(63)54(2)37-25-48-47(53-41(37)57(35)31-8-5-6-9-31)51-33-13-12-28(24-38(33)65-3)42(60)50-29-16-18-55(19-17-29)20-22-66-23-21-56-26-30(27-56)49-34-11-7-10-32-40(34)46(64)58(44(32)62)36-14-15-39(59)52-43(36)61/h7,10-13,24-25,29-31,35-36,49H,4-6,8-9,14-23,26-27H2,1-3H3,(H,50,60)(H,48,51,53)(H,52,59,61)/t35-,36?/m1/s1. The summed E-state index contributed by atoms with van der Waals surface area (Å²) in [6, 6.07) is 9.53. The van der Waals surface area contributed by atoms with Crippen LogP contribution in [0.5, 0.6) is 5.75 Å². The van der Waals surface area contributed by atoms with Crippen LogP contribution in [0.25, 0.3) is 0 Å². The van der Waals surface area contributed by atoms with Crippen LogP contribution in [0.3, 0.4) is 0 Å². The summed E-state index contributed by atoms with van der Waals surface area (Å²) in [4.78, 5) is 96.4. The monoisotopic (exact) mass is 905 g/mol. The van der Waals surface area contributed by atoms with E-state index in [2.05, 4.69) is 41.0 Å². The molecule has 4 fully saturated rings. The second-order valence-electron chi connectivity index (χ2n) is 18.1. The molecule has 1 saturated carbocycles. The number of nitrogens with zero attached hydrogens (tertiary/aromatic N) is 7. The van der Waals surface area contributed by atoms with Crippen LogP contribution in [0.4, 0.5) is 28.8 Å². The highest BCUT2D eigenvalue weighted by atomic mass is 16.5. The van der Waals surface area contributed by atoms with E-state index in [1.165, 1.54) is 0 Å². The van der Waals surface area contributed by atoms with Crippen molar-refractivity contribution < 1.29 is 38.2 Å². The van der Waals surface area contributed by atoms with Gasteiger partial charge in [0.05, 0.1) is 49.4 Å². The normalized spacial score (nSPS) is 22.0. The van der Waals surface area contributed by atoms with Gasteiger partial charge in [-0.15, -0.1) is 0 Å². The van der Waals surface area contributed by atoms with Gasteiger partial charge in [-0.25, -0.2) is 4.98 Å². The van der Waals surface area contributed by atoms with Crippen LogP contribution < -0.4 is 35.8 Å². The Kier molecular flexibility index (Phi) is 13.2. The summed E-state index contributed by atoms with van der Waals surface area (Å²) in [7, 11) is 3.35. The van der Waals surface area contributed by atoms with Crippen molar-refractivity contribution in [3.05, 3.63) is 59.3 Å². The smallest absolute Gasteiger partial charge is 0.264 e. The Labute approximate surface area is 383 Å². The average Bonchev–Trinajstić information content (AvgIpc) is 3.93. The van der Waals surface area contributed by atoms with Gasteiger partial charge in [0.1, 0.15) is 23.5 Å². The second kappa shape index (κ2) is 19.3. The minimum absolute atomic E-state index is 0.0509. The van der Waals surface area contributed by atoms with Crippen LogP contribution in [-0.4, -0.2) is 157 Å². The number of fused-ring (bicyclic) bond motifs is 2. The first-order chi connectivity index (χ1) is 32.0. The van der Waals surface area contributed by atoms with E-state index < -0.39 is 29.7 Å². The number of nitrogens with one attached hydrogen (secondary N) is 4. The maximum absolute atomic E-state index is 13.4. The quantitative estimate of drug-likeness (QED) is 0.120. The molecule has 6 heterocycles. The maximum Gasteiger partial charge on any atom is 0.264 e. The predicted molar refractivity (Wildman–Crippen MR) is 245 cm³/mol. The summed E-state index contributed by atoms with van der Waals surface area (Å²) in [5, 5.41) is 12.2. The molecule has 19 heteroatoms. The molecule has 1 aliphatic carbocycles. The number of piperidine rings is 2. The highest BCUT2D eigenvalue weighted by molar-refractivity contribution is 6.25. The molecule has 4 N–H and O–H groups in total. The molecule has 0 bridgehead atoms. The van der Waals surface area contributed by atoms with Gasteiger partial charge < -0.3 is 40.1 Å². The number of methoxy groups -OCH3 is 1. The third kappa shape index (κ3) is 9.02. The molecule has 3 aromatic rings. The number of anilines is 5. The second-order valence-corrected chi connectivity index (χ2v) is 18.1. The summed E-state index contributed by atoms with van der Waals surface area (Å²) < 4.78 is 11.7. The lowest BCUT2D eigenvalue weighted by Gasteiger charge is -2.43. The molecule has 5 aliphatic heterocycles. The molecule has 6 aliphatic rings. The molecule has 350 valence electrons. The molecule has 3 saturated heterocycles. The van der Waals surface area contributed by atoms with Gasteiger partial charge in [0, 0.05) is 76.1 Å². The molecule has 9 rings (SSSR count). The lowest BCUT2D eigenvalue weighted by molar-refractivity contribution is -0.136. The van der Waals surface area contributed by atoms with Gasteiger partial charge in [0.25, 0.3) is 17.7 Å². The Morgan fingerprint density at radius 2 is 1.65 bits per heavy atom. The van der Waals surface area contributed by atoms with Gasteiger partial charge in [-0.3, -0.25) is 43.9 Å². The Morgan fingerprint density at radius 3 is 2.38 bits per heavy atom. The number of hydrogen-bond acceptors (Lipinski definition) is 15. The summed E-state index contributed by atoms with van der Waals surface area (Å²) in [5.74, 6) is -0.533. The Hall–Kier alpha value is -6.18. The number of benzene rings is 2. The zero-order chi connectivity index (χ0) is 46.1. The van der Waals surface area contributed by atoms with Gasteiger partial charge in [-0.1, -0.05) is 25.8 Å². The first kappa shape index (κ1) is 45.0. The van der Waals surface area contributed by atoms with Crippen molar-refractivity contribution in [1.82, 2.24) is 35.3 Å². The Morgan fingerprint density at radius 1 is 0.894 bits per heavy atom. The minimum atomic E-state index is -1.00. The SMILES string of the molecule is CC[C@@H]1C(=O)N(C)c2cnc(Nc3ccc(C(=O)NC4CCN(CCOCCN5CC(Nc6cccc7c6C(=O)N(C6CCC(=O)NC6=O)C7=O)C5)CC4)cc3OC)nc2N1C1CCCC1. The van der Waals surface area contributed by atoms with Crippen molar-refractivity contribution in [3.8, 4) is 5.75 Å². The van der Waals surface area contributed by atoms with Crippen LogP contribution in [0, 0.1) is 0 Å². The predicted octanol–water partition coefficient (Wildman–Crippen LogP) is 3.14. The number of carbonyl (C=O) groups is 6. The third-order valence-corrected chi connectivity index (χ3v) is 13.9. The van der Waals surface area contributed by atoms with Crippen LogP contribution in [0.2, 0.25) is 0 Å². The molecule has 66 heavy (non-hydrogen) atoms. The average molecular weight is 906 g/mol. The molecule has 2 aromatic carbocycles. The van der Waals surface area contributed by atoms with E-state index in [-0.39, 0.29) is 60.0 Å². The van der Waals surface area contributed by atoms with Crippen molar-refractivity contribution in [2.75, 3.05) is 87.1 Å². The number of ether oxygens (including phenoxy) is 2. The van der Waals surface area contributed by atoms with E-state index >= 15 is 0 Å². The fourth-order valence-electron chi connectivity index (χ4n) is 10.3. The lowest BCUT2D eigenvalue weighted by Crippen LogP contribution is -2.55. The number of hydrogen-bond donors (Lipinski definition) is 4. The summed E-state index contributed by atoms with van der Waals surface area (Å²) >= 11 is 0. The van der Waals surface area contributed by atoms with Crippen LogP contribution in [-0.2, 0) is 19.1 Å². The van der Waals surface area contributed by atoms with E-state index in [0.29, 0.717) is 54.0 Å². The number of aromatic nitrogens is 2. The number of likely N-dealkylation sites (N-methyl/N-ethyl adjacent to an activating group) is 1. The van der Waals surface area contributed by atoms with E-state index in [4.69, 9.17) is 14.5 Å². The highest BCUT2D eigenvalue weighted by Crippen LogP contribution is 2.41. The molecule has 19 nitrogen and oxygen atoms in total. The molecule has 1 unspecified atom stereocenters. The van der Waals surface area contributed by atoms with Crippen molar-refractivity contribution in [2.45, 2.75) is 94.9 Å². The summed E-state index contributed by atoms with van der Waals surface area (Å²) in [5.41, 5.74) is 2.91. The summed E-state index contributed by atoms with van der Waals surface area (Å²) in [6.07, 6.45) is 8.59. The molecule has 0 spiro atoms. The first-order valence-electron chi connectivity index (χ1n) is 23.3. The number of imide groups is 2. The van der Waals surface area contributed by atoms with Crippen LogP contribution >= 0.6 is 0 Å². The van der Waals surface area contributed by atoms with E-state index in [0.717, 1.165) is 88.5 Å². The Balaban J connectivity index is 0.686. The van der Waals surface area contributed by atoms with Gasteiger partial charge >= 0.3 is 0 Å². The minimum Gasteiger partial charge on any atom is -0.495 e. The Bertz CT molecular complexity index is 2380. The van der Waals surface area contributed by atoms with E-state index in [9.17, 15) is 28.8 Å². The largest absolute Gasteiger partial charge is 0.495 e. The van der Waals surface area contributed by atoms with Crippen molar-refractivity contribution in [1.29, 1.82) is 0 Å². The molecular weight excluding hydrogens is 847 g/mol. The molecule has 2 atom stereocenters. The zero-order valence-electron chi connectivity index (χ0n) is 37.8. The van der Waals surface area contributed by atoms with Crippen molar-refractivity contribution >= 4 is 64.3 Å². The number of likely N-dealkylation sites (tertiary alicyclic amines) is 2. The van der Waals surface area contributed by atoms with Gasteiger partial charge in [0.15, 0.2) is 5.82 Å². The lowest BCUT2D eigenvalue weighted by atomic mass is 10.0. The number of carbonyl (C=O) groups excluding carboxylic acids is 6. The van der Waals surface area contributed by atoms with E-state index in [1.807, 2.05) is 6.92 Å². The fraction of sp³-hybridized carbons (Fsp3) is 0.532. The topological polar surface area (TPSA) is 211 Å². The third-order valence-electron chi connectivity index (χ3n) is 13.9.